The summed E-state index contributed by atoms with van der Waals surface area (Å²) in [5, 5.41) is 5.72. The number of unbranched alkanes of at least 4 members (excludes halogenated alkanes) is 7. The quantitative estimate of drug-likeness (QED) is 0.180. The van der Waals surface area contributed by atoms with Crippen LogP contribution in [0.2, 0.25) is 0 Å². The monoisotopic (exact) mass is 524 g/mol. The molecule has 8 heteroatoms. The Bertz CT molecular complexity index is 935. The molecule has 0 radical (unpaired) electrons. The summed E-state index contributed by atoms with van der Waals surface area (Å²) in [7, 11) is 0. The van der Waals surface area contributed by atoms with Gasteiger partial charge in [-0.15, -0.1) is 0 Å². The Balaban J connectivity index is 1.46. The first-order valence-corrected chi connectivity index (χ1v) is 13.6. The fourth-order valence-corrected chi connectivity index (χ4v) is 3.89. The van der Waals surface area contributed by atoms with Crippen LogP contribution >= 0.6 is 0 Å². The minimum atomic E-state index is -0.369. The molecule has 0 aliphatic heterocycles. The summed E-state index contributed by atoms with van der Waals surface area (Å²) in [5.41, 5.74) is 2.27. The molecule has 2 amide bonds. The number of hydrogen-bond acceptors (Lipinski definition) is 6. The van der Waals surface area contributed by atoms with Gasteiger partial charge in [0, 0.05) is 24.2 Å². The summed E-state index contributed by atoms with van der Waals surface area (Å²) in [6, 6.07) is 13.4. The molecule has 0 aliphatic rings. The van der Waals surface area contributed by atoms with Gasteiger partial charge in [-0.3, -0.25) is 9.59 Å². The van der Waals surface area contributed by atoms with Crippen molar-refractivity contribution in [1.29, 1.82) is 0 Å². The van der Waals surface area contributed by atoms with Crippen LogP contribution in [-0.4, -0.2) is 37.0 Å². The number of benzene rings is 2. The fraction of sp³-hybridized carbons (Fsp3) is 0.467. The highest BCUT2D eigenvalue weighted by Gasteiger charge is 2.08. The molecule has 8 nitrogen and oxygen atoms in total. The number of ether oxygens (including phenoxy) is 2. The average molecular weight is 525 g/mol. The van der Waals surface area contributed by atoms with E-state index in [1.54, 1.807) is 62.4 Å². The van der Waals surface area contributed by atoms with Gasteiger partial charge >= 0.3 is 11.9 Å². The maximum absolute atomic E-state index is 12.1. The molecule has 0 atom stereocenters. The Morgan fingerprint density at radius 3 is 1.16 bits per heavy atom. The van der Waals surface area contributed by atoms with Gasteiger partial charge in [-0.05, 0) is 75.2 Å². The second-order valence-electron chi connectivity index (χ2n) is 9.02. The Kier molecular flexibility index (Phi) is 14.2. The van der Waals surface area contributed by atoms with Crippen molar-refractivity contribution >= 4 is 35.1 Å². The molecule has 2 rings (SSSR count). The largest absolute Gasteiger partial charge is 0.462 e. The minimum absolute atomic E-state index is 0.0258. The number of amides is 2. The molecular formula is C30H40N2O6. The van der Waals surface area contributed by atoms with Gasteiger partial charge in [0.25, 0.3) is 0 Å². The molecule has 0 unspecified atom stereocenters. The lowest BCUT2D eigenvalue weighted by Gasteiger charge is -2.07. The van der Waals surface area contributed by atoms with Crippen molar-refractivity contribution in [2.24, 2.45) is 0 Å². The molecule has 0 saturated heterocycles. The van der Waals surface area contributed by atoms with Crippen LogP contribution < -0.4 is 10.6 Å². The van der Waals surface area contributed by atoms with Gasteiger partial charge < -0.3 is 20.1 Å². The smallest absolute Gasteiger partial charge is 0.338 e. The third kappa shape index (κ3) is 12.0. The van der Waals surface area contributed by atoms with E-state index < -0.39 is 0 Å². The number of nitrogens with one attached hydrogen (secondary N) is 2. The van der Waals surface area contributed by atoms with Crippen molar-refractivity contribution in [3.8, 4) is 0 Å². The lowest BCUT2D eigenvalue weighted by Crippen LogP contribution is -2.11. The van der Waals surface area contributed by atoms with Crippen molar-refractivity contribution in [3.63, 3.8) is 0 Å². The normalized spacial score (nSPS) is 10.5. The van der Waals surface area contributed by atoms with E-state index in [9.17, 15) is 19.2 Å². The van der Waals surface area contributed by atoms with E-state index in [0.29, 0.717) is 48.6 Å². The minimum Gasteiger partial charge on any atom is -0.462 e. The number of carbonyl (C=O) groups is 4. The van der Waals surface area contributed by atoms with Gasteiger partial charge in [0.1, 0.15) is 0 Å². The summed E-state index contributed by atoms with van der Waals surface area (Å²) in [4.78, 5) is 47.6. The zero-order chi connectivity index (χ0) is 27.6. The number of carbonyl (C=O) groups excluding carboxylic acids is 4. The standard InChI is InChI=1S/C30H40N2O6/c1-3-37-29(35)23-15-19-25(20-16-23)31-27(33)13-11-9-7-5-6-8-10-12-14-28(34)32-26-21-17-24(18-22-26)30(36)38-4-2/h15-22H,3-14H2,1-2H3,(H,31,33)(H,32,34). The molecule has 0 aliphatic carbocycles. The van der Waals surface area contributed by atoms with E-state index >= 15 is 0 Å². The number of hydrogen-bond donors (Lipinski definition) is 2. The zero-order valence-electron chi connectivity index (χ0n) is 22.6. The molecule has 206 valence electrons. The highest BCUT2D eigenvalue weighted by Crippen LogP contribution is 2.15. The fourth-order valence-electron chi connectivity index (χ4n) is 3.89. The van der Waals surface area contributed by atoms with Crippen LogP contribution in [0, 0.1) is 0 Å². The molecule has 0 heterocycles. The third-order valence-corrected chi connectivity index (χ3v) is 5.92. The van der Waals surface area contributed by atoms with Crippen LogP contribution in [0.1, 0.15) is 98.8 Å². The first-order valence-electron chi connectivity index (χ1n) is 13.6. The lowest BCUT2D eigenvalue weighted by atomic mass is 10.1. The predicted molar refractivity (Wildman–Crippen MR) is 148 cm³/mol. The summed E-state index contributed by atoms with van der Waals surface area (Å²) in [6.45, 7) is 4.18. The SMILES string of the molecule is CCOC(=O)c1ccc(NC(=O)CCCCCCCCCCC(=O)Nc2ccc(C(=O)OCC)cc2)cc1. The van der Waals surface area contributed by atoms with Crippen LogP contribution in [0.4, 0.5) is 11.4 Å². The Hall–Kier alpha value is -3.68. The Morgan fingerprint density at radius 1 is 0.526 bits per heavy atom. The second kappa shape index (κ2) is 17.7. The summed E-state index contributed by atoms with van der Waals surface area (Å²) < 4.78 is 9.90. The van der Waals surface area contributed by atoms with Gasteiger partial charge in [-0.2, -0.15) is 0 Å². The average Bonchev–Trinajstić information content (AvgIpc) is 2.91. The van der Waals surface area contributed by atoms with E-state index in [1.807, 2.05) is 0 Å². The van der Waals surface area contributed by atoms with E-state index in [1.165, 1.54) is 0 Å². The van der Waals surface area contributed by atoms with E-state index in [0.717, 1.165) is 51.4 Å². The topological polar surface area (TPSA) is 111 Å². The first-order chi connectivity index (χ1) is 18.4. The van der Waals surface area contributed by atoms with E-state index in [4.69, 9.17) is 9.47 Å². The van der Waals surface area contributed by atoms with Crippen LogP contribution in [0.25, 0.3) is 0 Å². The van der Waals surface area contributed by atoms with Gasteiger partial charge in [-0.25, -0.2) is 9.59 Å². The molecule has 0 saturated carbocycles. The second-order valence-corrected chi connectivity index (χ2v) is 9.02. The van der Waals surface area contributed by atoms with Crippen molar-refractivity contribution in [3.05, 3.63) is 59.7 Å². The Labute approximate surface area is 225 Å². The number of anilines is 2. The third-order valence-electron chi connectivity index (χ3n) is 5.92. The number of rotatable bonds is 17. The van der Waals surface area contributed by atoms with Gasteiger partial charge in [0.15, 0.2) is 0 Å². The van der Waals surface area contributed by atoms with Crippen LogP contribution in [0.3, 0.4) is 0 Å². The molecule has 2 N–H and O–H groups in total. The maximum Gasteiger partial charge on any atom is 0.338 e. The number of esters is 2. The first kappa shape index (κ1) is 30.5. The molecule has 0 spiro atoms. The van der Waals surface area contributed by atoms with E-state index in [2.05, 4.69) is 10.6 Å². The molecule has 0 fully saturated rings. The van der Waals surface area contributed by atoms with Crippen molar-refractivity contribution in [1.82, 2.24) is 0 Å². The molecule has 0 aromatic heterocycles. The molecule has 2 aromatic carbocycles. The molecule has 0 bridgehead atoms. The van der Waals surface area contributed by atoms with Gasteiger partial charge in [-0.1, -0.05) is 38.5 Å². The van der Waals surface area contributed by atoms with Gasteiger partial charge in [0.05, 0.1) is 24.3 Å². The Morgan fingerprint density at radius 2 is 0.842 bits per heavy atom. The van der Waals surface area contributed by atoms with Gasteiger partial charge in [0.2, 0.25) is 11.8 Å². The lowest BCUT2D eigenvalue weighted by molar-refractivity contribution is -0.117. The summed E-state index contributed by atoms with van der Waals surface area (Å²) in [5.74, 6) is -0.789. The van der Waals surface area contributed by atoms with Crippen molar-refractivity contribution < 1.29 is 28.7 Å². The van der Waals surface area contributed by atoms with Crippen LogP contribution in [0.15, 0.2) is 48.5 Å². The van der Waals surface area contributed by atoms with Crippen molar-refractivity contribution in [2.45, 2.75) is 78.1 Å². The highest BCUT2D eigenvalue weighted by atomic mass is 16.5. The van der Waals surface area contributed by atoms with Crippen molar-refractivity contribution in [2.75, 3.05) is 23.8 Å². The summed E-state index contributed by atoms with van der Waals surface area (Å²) >= 11 is 0. The molecular weight excluding hydrogens is 484 g/mol. The predicted octanol–water partition coefficient (Wildman–Crippen LogP) is 6.52. The maximum atomic E-state index is 12.1. The van der Waals surface area contributed by atoms with Crippen LogP contribution in [-0.2, 0) is 19.1 Å². The molecule has 2 aromatic rings. The summed E-state index contributed by atoms with van der Waals surface area (Å²) in [6.07, 6.45) is 9.06. The van der Waals surface area contributed by atoms with Crippen LogP contribution in [0.5, 0.6) is 0 Å². The van der Waals surface area contributed by atoms with E-state index in [-0.39, 0.29) is 23.8 Å². The highest BCUT2D eigenvalue weighted by molar-refractivity contribution is 5.94. The molecule has 38 heavy (non-hydrogen) atoms. The zero-order valence-corrected chi connectivity index (χ0v) is 22.6.